The molecule has 0 saturated heterocycles. The maximum Gasteiger partial charge on any atom is 0.260 e. The average Bonchev–Trinajstić information content (AvgIpc) is 2.23. The summed E-state index contributed by atoms with van der Waals surface area (Å²) in [6.07, 6.45) is 0.705. The van der Waals surface area contributed by atoms with Crippen molar-refractivity contribution in [3.05, 3.63) is 38.9 Å². The van der Waals surface area contributed by atoms with E-state index in [9.17, 15) is 4.79 Å². The first kappa shape index (κ1) is 10.2. The molecule has 0 bridgehead atoms. The largest absolute Gasteiger partial charge is 0.310 e. The van der Waals surface area contributed by atoms with E-state index in [1.54, 1.807) is 6.07 Å². The number of benzene rings is 1. The van der Waals surface area contributed by atoms with Crippen LogP contribution in [0.15, 0.2) is 16.9 Å². The fourth-order valence-corrected chi connectivity index (χ4v) is 1.79. The number of nitrogens with zero attached hydrogens (tertiary/aromatic N) is 1. The zero-order chi connectivity index (χ0) is 11.0. The van der Waals surface area contributed by atoms with Crippen LogP contribution in [0, 0.1) is 6.92 Å². The quantitative estimate of drug-likeness (QED) is 0.806. The Labute approximate surface area is 92.1 Å². The Morgan fingerprint density at radius 1 is 1.47 bits per heavy atom. The third kappa shape index (κ3) is 1.63. The Balaban J connectivity index is 2.97. The second kappa shape index (κ2) is 3.66. The lowest BCUT2D eigenvalue weighted by Crippen LogP contribution is -2.12. The number of nitrogens with one attached hydrogen (secondary N) is 1. The maximum absolute atomic E-state index is 11.8. The van der Waals surface area contributed by atoms with Gasteiger partial charge < -0.3 is 4.98 Å². The Kier molecular flexibility index (Phi) is 2.49. The van der Waals surface area contributed by atoms with Crippen molar-refractivity contribution in [3.63, 3.8) is 0 Å². The van der Waals surface area contributed by atoms with Crippen molar-refractivity contribution in [3.8, 4) is 0 Å². The van der Waals surface area contributed by atoms with Gasteiger partial charge in [-0.05, 0) is 18.6 Å². The topological polar surface area (TPSA) is 45.8 Å². The number of aromatic amines is 1. The number of hydrogen-bond acceptors (Lipinski definition) is 2. The summed E-state index contributed by atoms with van der Waals surface area (Å²) in [6, 6.07) is 3.60. The molecule has 1 N–H and O–H groups in total. The molecule has 0 aliphatic carbocycles. The lowest BCUT2D eigenvalue weighted by molar-refractivity contribution is 0.942. The van der Waals surface area contributed by atoms with E-state index in [0.717, 1.165) is 5.56 Å². The highest BCUT2D eigenvalue weighted by Gasteiger charge is 2.08. The zero-order valence-electron chi connectivity index (χ0n) is 8.60. The second-order valence-corrected chi connectivity index (χ2v) is 3.86. The molecule has 0 spiro atoms. The highest BCUT2D eigenvalue weighted by atomic mass is 35.5. The van der Waals surface area contributed by atoms with E-state index >= 15 is 0 Å². The Morgan fingerprint density at radius 3 is 2.87 bits per heavy atom. The van der Waals surface area contributed by atoms with Gasteiger partial charge in [-0.1, -0.05) is 24.6 Å². The first-order chi connectivity index (χ1) is 7.13. The molecule has 78 valence electrons. The third-order valence-electron chi connectivity index (χ3n) is 2.40. The molecule has 1 aromatic heterocycles. The van der Waals surface area contributed by atoms with Crippen molar-refractivity contribution in [1.82, 2.24) is 9.97 Å². The lowest BCUT2D eigenvalue weighted by atomic mass is 10.1. The average molecular weight is 223 g/mol. The van der Waals surface area contributed by atoms with Gasteiger partial charge in [0.15, 0.2) is 0 Å². The monoisotopic (exact) mass is 222 g/mol. The summed E-state index contributed by atoms with van der Waals surface area (Å²) >= 11 is 5.97. The Hall–Kier alpha value is -1.35. The molecule has 2 rings (SSSR count). The molecule has 0 fully saturated rings. The molecule has 2 aromatic rings. The van der Waals surface area contributed by atoms with Crippen LogP contribution in [-0.2, 0) is 6.42 Å². The highest BCUT2D eigenvalue weighted by Crippen LogP contribution is 2.21. The van der Waals surface area contributed by atoms with Gasteiger partial charge in [0.2, 0.25) is 0 Å². The van der Waals surface area contributed by atoms with E-state index in [1.165, 1.54) is 0 Å². The molecular formula is C11H11ClN2O. The van der Waals surface area contributed by atoms with Crippen LogP contribution in [0.2, 0.25) is 5.02 Å². The van der Waals surface area contributed by atoms with Crippen LogP contribution in [0.5, 0.6) is 0 Å². The van der Waals surface area contributed by atoms with Crippen molar-refractivity contribution in [1.29, 1.82) is 0 Å². The van der Waals surface area contributed by atoms with Crippen LogP contribution in [0.25, 0.3) is 10.9 Å². The minimum absolute atomic E-state index is 0.162. The number of fused-ring (bicyclic) bond motifs is 1. The molecule has 0 saturated carbocycles. The maximum atomic E-state index is 11.8. The van der Waals surface area contributed by atoms with Gasteiger partial charge in [0.25, 0.3) is 5.56 Å². The van der Waals surface area contributed by atoms with E-state index in [1.807, 2.05) is 19.9 Å². The molecule has 15 heavy (non-hydrogen) atoms. The number of halogens is 1. The summed E-state index contributed by atoms with van der Waals surface area (Å²) in [5.74, 6) is 0.692. The first-order valence-electron chi connectivity index (χ1n) is 4.81. The van der Waals surface area contributed by atoms with Crippen LogP contribution in [0.4, 0.5) is 0 Å². The number of aryl methyl sites for hydroxylation is 2. The normalized spacial score (nSPS) is 10.9. The highest BCUT2D eigenvalue weighted by molar-refractivity contribution is 6.35. The van der Waals surface area contributed by atoms with Gasteiger partial charge in [-0.15, -0.1) is 0 Å². The molecule has 4 heteroatoms. The van der Waals surface area contributed by atoms with Crippen molar-refractivity contribution < 1.29 is 0 Å². The Bertz CT molecular complexity index is 575. The number of rotatable bonds is 1. The minimum Gasteiger partial charge on any atom is -0.310 e. The predicted octanol–water partition coefficient (Wildman–Crippen LogP) is 2.45. The fourth-order valence-electron chi connectivity index (χ4n) is 1.55. The fraction of sp³-hybridized carbons (Fsp3) is 0.273. The molecule has 0 radical (unpaired) electrons. The van der Waals surface area contributed by atoms with Gasteiger partial charge in [0, 0.05) is 6.42 Å². The lowest BCUT2D eigenvalue weighted by Gasteiger charge is -2.04. The smallest absolute Gasteiger partial charge is 0.260 e. The number of aromatic nitrogens is 2. The molecular weight excluding hydrogens is 212 g/mol. The van der Waals surface area contributed by atoms with E-state index in [0.29, 0.717) is 28.2 Å². The summed E-state index contributed by atoms with van der Waals surface area (Å²) in [7, 11) is 0. The van der Waals surface area contributed by atoms with Gasteiger partial charge in [-0.25, -0.2) is 4.98 Å². The molecule has 0 aliphatic heterocycles. The number of hydrogen-bond donors (Lipinski definition) is 1. The van der Waals surface area contributed by atoms with Gasteiger partial charge >= 0.3 is 0 Å². The number of H-pyrrole nitrogens is 1. The van der Waals surface area contributed by atoms with Gasteiger partial charge in [-0.2, -0.15) is 0 Å². The summed E-state index contributed by atoms with van der Waals surface area (Å²) in [5, 5.41) is 0.931. The molecule has 3 nitrogen and oxygen atoms in total. The van der Waals surface area contributed by atoms with E-state index in [-0.39, 0.29) is 5.56 Å². The van der Waals surface area contributed by atoms with Gasteiger partial charge in [0.05, 0.1) is 15.9 Å². The Morgan fingerprint density at radius 2 is 2.20 bits per heavy atom. The summed E-state index contributed by atoms with van der Waals surface area (Å²) in [6.45, 7) is 3.87. The first-order valence-corrected chi connectivity index (χ1v) is 5.19. The van der Waals surface area contributed by atoms with Crippen molar-refractivity contribution >= 4 is 22.5 Å². The molecule has 0 amide bonds. The molecule has 0 atom stereocenters. The third-order valence-corrected chi connectivity index (χ3v) is 2.71. The van der Waals surface area contributed by atoms with Crippen LogP contribution >= 0.6 is 11.6 Å². The van der Waals surface area contributed by atoms with Crippen LogP contribution in [0.3, 0.4) is 0 Å². The molecule has 1 aromatic carbocycles. The van der Waals surface area contributed by atoms with E-state index in [2.05, 4.69) is 9.97 Å². The van der Waals surface area contributed by atoms with Crippen molar-refractivity contribution in [2.45, 2.75) is 20.3 Å². The zero-order valence-corrected chi connectivity index (χ0v) is 9.35. The van der Waals surface area contributed by atoms with Crippen molar-refractivity contribution in [2.24, 2.45) is 0 Å². The SMILES string of the molecule is CCc1nc2c(C)ccc(Cl)c2c(=O)[nH]1. The van der Waals surface area contributed by atoms with Crippen molar-refractivity contribution in [2.75, 3.05) is 0 Å². The van der Waals surface area contributed by atoms with Crippen LogP contribution in [0.1, 0.15) is 18.3 Å². The summed E-state index contributed by atoms with van der Waals surface area (Å²) in [4.78, 5) is 18.8. The standard InChI is InChI=1S/C11H11ClN2O/c1-3-8-13-10-6(2)4-5-7(12)9(10)11(15)14-8/h4-5H,3H2,1-2H3,(H,13,14,15). The van der Waals surface area contributed by atoms with Crippen LogP contribution in [-0.4, -0.2) is 9.97 Å². The molecule has 1 heterocycles. The van der Waals surface area contributed by atoms with E-state index < -0.39 is 0 Å². The summed E-state index contributed by atoms with van der Waals surface area (Å²) < 4.78 is 0. The van der Waals surface area contributed by atoms with Crippen LogP contribution < -0.4 is 5.56 Å². The van der Waals surface area contributed by atoms with E-state index in [4.69, 9.17) is 11.6 Å². The second-order valence-electron chi connectivity index (χ2n) is 3.45. The molecule has 0 aliphatic rings. The predicted molar refractivity (Wildman–Crippen MR) is 61.5 cm³/mol. The summed E-state index contributed by atoms with van der Waals surface area (Å²) in [5.41, 5.74) is 1.50. The van der Waals surface area contributed by atoms with Gasteiger partial charge in [0.1, 0.15) is 5.82 Å². The van der Waals surface area contributed by atoms with Gasteiger partial charge in [-0.3, -0.25) is 4.79 Å². The minimum atomic E-state index is -0.162. The molecule has 0 unspecified atom stereocenters.